The van der Waals surface area contributed by atoms with E-state index in [4.69, 9.17) is 4.74 Å². The fourth-order valence-electron chi connectivity index (χ4n) is 1.96. The summed E-state index contributed by atoms with van der Waals surface area (Å²) in [5, 5.41) is 0. The van der Waals surface area contributed by atoms with Crippen molar-refractivity contribution in [1.82, 2.24) is 0 Å². The van der Waals surface area contributed by atoms with Gasteiger partial charge in [0.1, 0.15) is 0 Å². The topological polar surface area (TPSA) is 75.7 Å². The van der Waals surface area contributed by atoms with Crippen molar-refractivity contribution in [1.29, 1.82) is 0 Å². The van der Waals surface area contributed by atoms with Crippen LogP contribution in [0.2, 0.25) is 0 Å². The van der Waals surface area contributed by atoms with Crippen LogP contribution in [0.3, 0.4) is 0 Å². The van der Waals surface area contributed by atoms with Gasteiger partial charge in [0.15, 0.2) is 0 Å². The minimum Gasteiger partial charge on any atom is -0.384 e. The van der Waals surface area contributed by atoms with Gasteiger partial charge in [-0.3, -0.25) is 9.52 Å². The molecule has 1 amide bonds. The van der Waals surface area contributed by atoms with Crippen LogP contribution in [0.4, 0.5) is 11.4 Å². The number of nitrogens with zero attached hydrogens (tertiary/aromatic N) is 1. The Balaban J connectivity index is 2.16. The summed E-state index contributed by atoms with van der Waals surface area (Å²) in [5.74, 6) is -0.0891. The summed E-state index contributed by atoms with van der Waals surface area (Å²) in [4.78, 5) is 13.1. The van der Waals surface area contributed by atoms with E-state index in [0.29, 0.717) is 12.1 Å². The van der Waals surface area contributed by atoms with Crippen molar-refractivity contribution in [2.45, 2.75) is 6.42 Å². The molecule has 0 atom stereocenters. The summed E-state index contributed by atoms with van der Waals surface area (Å²) >= 11 is 0. The number of nitrogens with one attached hydrogen (secondary N) is 1. The van der Waals surface area contributed by atoms with Crippen LogP contribution < -0.4 is 9.62 Å². The van der Waals surface area contributed by atoms with E-state index in [-0.39, 0.29) is 18.3 Å². The monoisotopic (exact) mass is 284 g/mol. The highest BCUT2D eigenvalue weighted by Crippen LogP contribution is 2.30. The lowest BCUT2D eigenvalue weighted by Crippen LogP contribution is -2.20. The SMILES string of the molecule is COCCS(=O)(=O)Nc1ccc2c(c1)CC(=O)N2C. The summed E-state index contributed by atoms with van der Waals surface area (Å²) < 4.78 is 30.7. The number of benzene rings is 1. The zero-order valence-corrected chi connectivity index (χ0v) is 11.7. The first-order chi connectivity index (χ1) is 8.93. The van der Waals surface area contributed by atoms with Crippen molar-refractivity contribution in [3.05, 3.63) is 23.8 Å². The Morgan fingerprint density at radius 2 is 2.16 bits per heavy atom. The Bertz CT molecular complexity index is 598. The van der Waals surface area contributed by atoms with Gasteiger partial charge in [0.05, 0.1) is 18.8 Å². The fourth-order valence-corrected chi connectivity index (χ4v) is 2.93. The first kappa shape index (κ1) is 13.8. The van der Waals surface area contributed by atoms with Gasteiger partial charge in [0, 0.05) is 25.5 Å². The summed E-state index contributed by atoms with van der Waals surface area (Å²) in [5.41, 5.74) is 2.13. The molecule has 0 bridgehead atoms. The average Bonchev–Trinajstić information content (AvgIpc) is 2.62. The van der Waals surface area contributed by atoms with Crippen molar-refractivity contribution >= 4 is 27.3 Å². The molecule has 1 aromatic carbocycles. The Kier molecular flexibility index (Phi) is 3.77. The molecule has 0 saturated carbocycles. The number of hydrogen-bond acceptors (Lipinski definition) is 4. The van der Waals surface area contributed by atoms with Crippen LogP contribution in [-0.2, 0) is 26.0 Å². The molecule has 6 nitrogen and oxygen atoms in total. The summed E-state index contributed by atoms with van der Waals surface area (Å²) in [6, 6.07) is 5.09. The van der Waals surface area contributed by atoms with Gasteiger partial charge >= 0.3 is 0 Å². The molecule has 0 fully saturated rings. The molecule has 0 aliphatic carbocycles. The van der Waals surface area contributed by atoms with Gasteiger partial charge in [-0.2, -0.15) is 0 Å². The van der Waals surface area contributed by atoms with Crippen LogP contribution in [0.5, 0.6) is 0 Å². The molecule has 1 aliphatic rings. The summed E-state index contributed by atoms with van der Waals surface area (Å²) in [6.07, 6.45) is 0.305. The third-order valence-corrected chi connectivity index (χ3v) is 4.24. The first-order valence-corrected chi connectivity index (χ1v) is 7.47. The van der Waals surface area contributed by atoms with E-state index in [9.17, 15) is 13.2 Å². The minimum absolute atomic E-state index is 0.00869. The van der Waals surface area contributed by atoms with Crippen LogP contribution in [0.25, 0.3) is 0 Å². The number of rotatable bonds is 5. The van der Waals surface area contributed by atoms with Gasteiger partial charge in [-0.25, -0.2) is 8.42 Å². The third kappa shape index (κ3) is 3.05. The fraction of sp³-hybridized carbons (Fsp3) is 0.417. The Labute approximate surface area is 112 Å². The molecule has 0 radical (unpaired) electrons. The van der Waals surface area contributed by atoms with Crippen molar-refractivity contribution < 1.29 is 17.9 Å². The highest BCUT2D eigenvalue weighted by atomic mass is 32.2. The molecule has 104 valence electrons. The summed E-state index contributed by atoms with van der Waals surface area (Å²) in [7, 11) is -0.259. The molecule has 19 heavy (non-hydrogen) atoms. The summed E-state index contributed by atoms with van der Waals surface area (Å²) in [6.45, 7) is 0.140. The molecule has 0 unspecified atom stereocenters. The van der Waals surface area contributed by atoms with Crippen LogP contribution in [0, 0.1) is 0 Å². The number of carbonyl (C=O) groups is 1. The molecule has 1 aromatic rings. The molecule has 2 rings (SSSR count). The van der Waals surface area contributed by atoms with E-state index < -0.39 is 10.0 Å². The van der Waals surface area contributed by atoms with Gasteiger partial charge in [-0.05, 0) is 23.8 Å². The van der Waals surface area contributed by atoms with E-state index in [2.05, 4.69) is 4.72 Å². The number of ether oxygens (including phenoxy) is 1. The molecule has 1 heterocycles. The van der Waals surface area contributed by atoms with Gasteiger partial charge in [-0.1, -0.05) is 0 Å². The molecule has 1 aliphatic heterocycles. The van der Waals surface area contributed by atoms with Crippen LogP contribution >= 0.6 is 0 Å². The third-order valence-electron chi connectivity index (χ3n) is 2.99. The number of likely N-dealkylation sites (N-methyl/N-ethyl adjacent to an activating group) is 1. The van der Waals surface area contributed by atoms with Crippen LogP contribution in [-0.4, -0.2) is 40.8 Å². The minimum atomic E-state index is -3.41. The molecule has 0 spiro atoms. The second kappa shape index (κ2) is 5.18. The zero-order chi connectivity index (χ0) is 14.0. The average molecular weight is 284 g/mol. The molecule has 7 heteroatoms. The van der Waals surface area contributed by atoms with E-state index in [1.165, 1.54) is 7.11 Å². The van der Waals surface area contributed by atoms with E-state index >= 15 is 0 Å². The lowest BCUT2D eigenvalue weighted by Gasteiger charge is -2.11. The molecule has 0 aromatic heterocycles. The predicted octanol–water partition coefficient (Wildman–Crippen LogP) is 0.594. The maximum atomic E-state index is 11.7. The van der Waals surface area contributed by atoms with Gasteiger partial charge in [-0.15, -0.1) is 0 Å². The van der Waals surface area contributed by atoms with E-state index in [1.807, 2.05) is 0 Å². The largest absolute Gasteiger partial charge is 0.384 e. The lowest BCUT2D eigenvalue weighted by atomic mass is 10.1. The quantitative estimate of drug-likeness (QED) is 0.859. The maximum absolute atomic E-state index is 11.7. The number of carbonyl (C=O) groups excluding carboxylic acids is 1. The number of amides is 1. The van der Waals surface area contributed by atoms with Crippen molar-refractivity contribution in [2.75, 3.05) is 36.1 Å². The Hall–Kier alpha value is -1.60. The van der Waals surface area contributed by atoms with Crippen molar-refractivity contribution in [2.24, 2.45) is 0 Å². The molecule has 0 saturated heterocycles. The second-order valence-corrected chi connectivity index (χ2v) is 6.23. The Morgan fingerprint density at radius 1 is 1.42 bits per heavy atom. The molecular formula is C12H16N2O4S. The number of anilines is 2. The zero-order valence-electron chi connectivity index (χ0n) is 10.8. The standard InChI is InChI=1S/C12H16N2O4S/c1-14-11-4-3-10(7-9(11)8-12(14)15)13-19(16,17)6-5-18-2/h3-4,7,13H,5-6,8H2,1-2H3. The van der Waals surface area contributed by atoms with Gasteiger partial charge in [0.25, 0.3) is 0 Å². The number of fused-ring (bicyclic) bond motifs is 1. The smallest absolute Gasteiger partial charge is 0.234 e. The number of methoxy groups -OCH3 is 1. The van der Waals surface area contributed by atoms with Crippen molar-refractivity contribution in [3.63, 3.8) is 0 Å². The van der Waals surface area contributed by atoms with Crippen LogP contribution in [0.1, 0.15) is 5.56 Å². The lowest BCUT2D eigenvalue weighted by molar-refractivity contribution is -0.117. The highest BCUT2D eigenvalue weighted by molar-refractivity contribution is 7.92. The predicted molar refractivity (Wildman–Crippen MR) is 72.8 cm³/mol. The maximum Gasteiger partial charge on any atom is 0.234 e. The van der Waals surface area contributed by atoms with Gasteiger partial charge in [0.2, 0.25) is 15.9 Å². The number of hydrogen-bond donors (Lipinski definition) is 1. The molecular weight excluding hydrogens is 268 g/mol. The van der Waals surface area contributed by atoms with E-state index in [0.717, 1.165) is 11.3 Å². The number of sulfonamides is 1. The Morgan fingerprint density at radius 3 is 2.84 bits per heavy atom. The van der Waals surface area contributed by atoms with E-state index in [1.54, 1.807) is 30.1 Å². The normalized spacial score (nSPS) is 14.6. The molecule has 1 N–H and O–H groups in total. The highest BCUT2D eigenvalue weighted by Gasteiger charge is 2.24. The first-order valence-electron chi connectivity index (χ1n) is 5.82. The van der Waals surface area contributed by atoms with Gasteiger partial charge < -0.3 is 9.64 Å². The van der Waals surface area contributed by atoms with Crippen LogP contribution in [0.15, 0.2) is 18.2 Å². The van der Waals surface area contributed by atoms with Crippen molar-refractivity contribution in [3.8, 4) is 0 Å². The second-order valence-electron chi connectivity index (χ2n) is 4.39.